The Balaban J connectivity index is 1.22. The van der Waals surface area contributed by atoms with Crippen LogP contribution in [0, 0.1) is 0 Å². The molecule has 2 saturated heterocycles. The van der Waals surface area contributed by atoms with Gasteiger partial charge in [0.2, 0.25) is 0 Å². The molecule has 0 aromatic carbocycles. The fraction of sp³-hybridized carbons (Fsp3) is 0.700. The van der Waals surface area contributed by atoms with Crippen LogP contribution in [-0.4, -0.2) is 57.0 Å². The molecule has 26 heavy (non-hydrogen) atoms. The van der Waals surface area contributed by atoms with Gasteiger partial charge in [0, 0.05) is 38.4 Å². The third-order valence-electron chi connectivity index (χ3n) is 5.97. The van der Waals surface area contributed by atoms with Gasteiger partial charge >= 0.3 is 0 Å². The number of nitrogens with zero attached hydrogens (tertiary/aromatic N) is 5. The minimum absolute atomic E-state index is 0.531. The first-order valence-electron chi connectivity index (χ1n) is 10.2. The summed E-state index contributed by atoms with van der Waals surface area (Å²) in [5.74, 6) is 1.08. The van der Waals surface area contributed by atoms with E-state index < -0.39 is 0 Å². The van der Waals surface area contributed by atoms with Crippen molar-refractivity contribution in [3.8, 4) is 0 Å². The Labute approximate surface area is 156 Å². The predicted molar refractivity (Wildman–Crippen MR) is 101 cm³/mol. The highest BCUT2D eigenvalue weighted by molar-refractivity contribution is 4.98. The van der Waals surface area contributed by atoms with Crippen molar-refractivity contribution in [1.82, 2.24) is 24.8 Å². The lowest BCUT2D eigenvalue weighted by atomic mass is 9.98. The second-order valence-corrected chi connectivity index (χ2v) is 7.79. The molecule has 0 atom stereocenters. The van der Waals surface area contributed by atoms with Gasteiger partial charge in [-0.05, 0) is 44.2 Å². The van der Waals surface area contributed by atoms with E-state index in [4.69, 9.17) is 4.42 Å². The zero-order valence-corrected chi connectivity index (χ0v) is 15.9. The average molecular weight is 358 g/mol. The normalized spacial score (nSPS) is 21.4. The van der Waals surface area contributed by atoms with Crippen LogP contribution in [0.3, 0.4) is 0 Å². The summed E-state index contributed by atoms with van der Waals surface area (Å²) in [4.78, 5) is 5.23. The Kier molecular flexibility index (Phi) is 5.70. The summed E-state index contributed by atoms with van der Waals surface area (Å²) in [6.45, 7) is 7.88. The number of hydrogen-bond acceptors (Lipinski definition) is 5. The van der Waals surface area contributed by atoms with Gasteiger partial charge < -0.3 is 9.32 Å². The molecule has 6 heteroatoms. The lowest BCUT2D eigenvalue weighted by Gasteiger charge is -2.41. The lowest BCUT2D eigenvalue weighted by Crippen LogP contribution is -2.47. The van der Waals surface area contributed by atoms with E-state index in [0.29, 0.717) is 6.04 Å². The van der Waals surface area contributed by atoms with Crippen molar-refractivity contribution < 1.29 is 4.42 Å². The van der Waals surface area contributed by atoms with Crippen molar-refractivity contribution in [2.75, 3.05) is 26.2 Å². The highest BCUT2D eigenvalue weighted by atomic mass is 16.3. The van der Waals surface area contributed by atoms with E-state index in [1.54, 1.807) is 6.26 Å². The van der Waals surface area contributed by atoms with Crippen molar-refractivity contribution in [3.05, 3.63) is 36.0 Å². The number of aromatic nitrogens is 3. The predicted octanol–water partition coefficient (Wildman–Crippen LogP) is 3.13. The van der Waals surface area contributed by atoms with Gasteiger partial charge in [0.1, 0.15) is 5.76 Å². The minimum Gasteiger partial charge on any atom is -0.468 e. The molecule has 0 radical (unpaired) electrons. The minimum atomic E-state index is 0.531. The lowest BCUT2D eigenvalue weighted by molar-refractivity contribution is 0.0725. The number of hydrogen-bond donors (Lipinski definition) is 0. The number of aryl methyl sites for hydroxylation is 1. The smallest absolute Gasteiger partial charge is 0.117 e. The molecule has 6 nitrogen and oxygen atoms in total. The van der Waals surface area contributed by atoms with E-state index in [0.717, 1.165) is 36.9 Å². The second kappa shape index (κ2) is 8.35. The molecule has 2 aliphatic heterocycles. The van der Waals surface area contributed by atoms with Crippen molar-refractivity contribution in [1.29, 1.82) is 0 Å². The average Bonchev–Trinajstić information content (AvgIpc) is 3.35. The standard InChI is InChI=1S/C20H31N5O/c1-2-4-17-15-25(22-21-17)19-8-12-24(13-9-19)18-6-10-23(11-7-18)16-20-5-3-14-26-20/h3,5,14-15,18-19H,2,4,6-13,16H2,1H3. The maximum absolute atomic E-state index is 5.48. The molecule has 142 valence electrons. The molecule has 2 aromatic rings. The molecule has 4 rings (SSSR count). The quantitative estimate of drug-likeness (QED) is 0.795. The summed E-state index contributed by atoms with van der Waals surface area (Å²) in [7, 11) is 0. The number of furan rings is 1. The second-order valence-electron chi connectivity index (χ2n) is 7.79. The molecule has 2 aliphatic rings. The molecule has 2 fully saturated rings. The molecule has 0 bridgehead atoms. The highest BCUT2D eigenvalue weighted by Gasteiger charge is 2.29. The van der Waals surface area contributed by atoms with Crippen molar-refractivity contribution >= 4 is 0 Å². The number of rotatable bonds is 6. The third kappa shape index (κ3) is 4.18. The first-order valence-corrected chi connectivity index (χ1v) is 10.2. The van der Waals surface area contributed by atoms with Gasteiger partial charge in [-0.1, -0.05) is 18.6 Å². The third-order valence-corrected chi connectivity index (χ3v) is 5.97. The summed E-state index contributed by atoms with van der Waals surface area (Å²) in [5.41, 5.74) is 1.14. The fourth-order valence-corrected chi connectivity index (χ4v) is 4.44. The molecule has 0 spiro atoms. The maximum atomic E-state index is 5.48. The first kappa shape index (κ1) is 17.7. The van der Waals surface area contributed by atoms with Gasteiger partial charge in [-0.2, -0.15) is 0 Å². The van der Waals surface area contributed by atoms with Crippen molar-refractivity contribution in [2.24, 2.45) is 0 Å². The molecule has 2 aromatic heterocycles. The Morgan fingerprint density at radius 3 is 2.54 bits per heavy atom. The zero-order chi connectivity index (χ0) is 17.8. The maximum Gasteiger partial charge on any atom is 0.117 e. The van der Waals surface area contributed by atoms with Crippen molar-refractivity contribution in [2.45, 2.75) is 64.1 Å². The number of likely N-dealkylation sites (tertiary alicyclic amines) is 2. The molecule has 4 heterocycles. The van der Waals surface area contributed by atoms with Crippen LogP contribution in [0.4, 0.5) is 0 Å². The van der Waals surface area contributed by atoms with E-state index in [2.05, 4.69) is 44.0 Å². The Hall–Kier alpha value is -1.66. The van der Waals surface area contributed by atoms with Crippen LogP contribution in [0.25, 0.3) is 0 Å². The molecule has 0 aliphatic carbocycles. The molecular formula is C20H31N5O. The molecule has 0 saturated carbocycles. The molecular weight excluding hydrogens is 326 g/mol. The van der Waals surface area contributed by atoms with E-state index in [-0.39, 0.29) is 0 Å². The van der Waals surface area contributed by atoms with Crippen LogP contribution >= 0.6 is 0 Å². The zero-order valence-electron chi connectivity index (χ0n) is 15.9. The summed E-state index contributed by atoms with van der Waals surface area (Å²) in [5, 5.41) is 8.69. The van der Waals surface area contributed by atoms with Crippen LogP contribution in [0.1, 0.15) is 56.5 Å². The van der Waals surface area contributed by atoms with Gasteiger partial charge in [0.15, 0.2) is 0 Å². The van der Waals surface area contributed by atoms with Crippen LogP contribution in [0.2, 0.25) is 0 Å². The largest absolute Gasteiger partial charge is 0.468 e. The van der Waals surface area contributed by atoms with Crippen LogP contribution in [-0.2, 0) is 13.0 Å². The van der Waals surface area contributed by atoms with Gasteiger partial charge in [-0.3, -0.25) is 4.90 Å². The van der Waals surface area contributed by atoms with Crippen LogP contribution in [0.15, 0.2) is 29.0 Å². The Morgan fingerprint density at radius 1 is 1.08 bits per heavy atom. The Bertz CT molecular complexity index is 652. The van der Waals surface area contributed by atoms with Gasteiger partial charge in [-0.25, -0.2) is 4.68 Å². The number of piperidine rings is 2. The summed E-state index contributed by atoms with van der Waals surface area (Å²) in [6.07, 6.45) is 11.0. The summed E-state index contributed by atoms with van der Waals surface area (Å²) >= 11 is 0. The Morgan fingerprint density at radius 2 is 1.85 bits per heavy atom. The molecule has 0 amide bonds. The van der Waals surface area contributed by atoms with Crippen LogP contribution < -0.4 is 0 Å². The molecule has 0 unspecified atom stereocenters. The summed E-state index contributed by atoms with van der Waals surface area (Å²) < 4.78 is 7.60. The van der Waals surface area contributed by atoms with Crippen LogP contribution in [0.5, 0.6) is 0 Å². The van der Waals surface area contributed by atoms with E-state index in [1.165, 1.54) is 51.9 Å². The summed E-state index contributed by atoms with van der Waals surface area (Å²) in [6, 6.07) is 5.33. The highest BCUT2D eigenvalue weighted by Crippen LogP contribution is 2.27. The van der Waals surface area contributed by atoms with E-state index in [1.807, 2.05) is 6.07 Å². The monoisotopic (exact) mass is 357 g/mol. The SMILES string of the molecule is CCCc1cn(C2CCN(C3CCN(Cc4ccco4)CC3)CC2)nn1. The molecule has 0 N–H and O–H groups in total. The van der Waals surface area contributed by atoms with E-state index >= 15 is 0 Å². The van der Waals surface area contributed by atoms with Gasteiger partial charge in [0.25, 0.3) is 0 Å². The fourth-order valence-electron chi connectivity index (χ4n) is 4.44. The van der Waals surface area contributed by atoms with Gasteiger partial charge in [0.05, 0.1) is 24.5 Å². The first-order chi connectivity index (χ1) is 12.8. The van der Waals surface area contributed by atoms with Gasteiger partial charge in [-0.15, -0.1) is 5.10 Å². The van der Waals surface area contributed by atoms with Crippen molar-refractivity contribution in [3.63, 3.8) is 0 Å². The topological polar surface area (TPSA) is 50.3 Å². The van der Waals surface area contributed by atoms with E-state index in [9.17, 15) is 0 Å².